The number of thiol groups is 1. The van der Waals surface area contributed by atoms with E-state index in [4.69, 9.17) is 12.2 Å². The Morgan fingerprint density at radius 3 is 1.83 bits per heavy atom. The van der Waals surface area contributed by atoms with Crippen LogP contribution in [0.15, 0.2) is 30.3 Å². The molecule has 0 aliphatic rings. The molecule has 0 aliphatic heterocycles. The topological polar surface area (TPSA) is 0 Å². The van der Waals surface area contributed by atoms with E-state index < -0.39 is 0 Å². The zero-order valence-corrected chi connectivity index (χ0v) is 9.03. The Hall–Kier alpha value is -0.275. The van der Waals surface area contributed by atoms with E-state index in [9.17, 15) is 0 Å². The predicted molar refractivity (Wildman–Crippen MR) is 64.2 cm³/mol. The molecule has 0 aromatic heterocycles. The first-order valence-corrected chi connectivity index (χ1v) is 4.44. The van der Waals surface area contributed by atoms with Crippen LogP contribution >= 0.6 is 24.8 Å². The van der Waals surface area contributed by atoms with Crippen molar-refractivity contribution in [3.8, 4) is 0 Å². The summed E-state index contributed by atoms with van der Waals surface area (Å²) in [5.41, 5.74) is 1.01. The van der Waals surface area contributed by atoms with Crippen LogP contribution in [-0.4, -0.2) is 12.6 Å². The lowest BCUT2D eigenvalue weighted by atomic mass is 10.2. The van der Waals surface area contributed by atoms with E-state index in [2.05, 4.69) is 12.6 Å². The number of benzene rings is 1. The third-order valence-corrected chi connectivity index (χ3v) is 1.51. The lowest BCUT2D eigenvalue weighted by molar-refractivity contribution is 1.50. The minimum Gasteiger partial charge on any atom is -0.131 e. The standard InChI is InChI=1S/C7H6S2.C2H6.B/c8-7(9)6-4-2-1-3-5-6;1-2;/h1-5H,(H,8,9);1-2H3;. The lowest BCUT2D eigenvalue weighted by Crippen LogP contribution is -1.83. The van der Waals surface area contributed by atoms with Gasteiger partial charge in [-0.2, -0.15) is 0 Å². The van der Waals surface area contributed by atoms with Crippen LogP contribution in [0.4, 0.5) is 0 Å². The van der Waals surface area contributed by atoms with E-state index >= 15 is 0 Å². The molecule has 0 saturated heterocycles. The highest BCUT2D eigenvalue weighted by Crippen LogP contribution is 2.02. The Labute approximate surface area is 87.4 Å². The lowest BCUT2D eigenvalue weighted by Gasteiger charge is -1.91. The maximum atomic E-state index is 4.83. The number of thiocarbonyl (C=S) groups is 1. The van der Waals surface area contributed by atoms with Gasteiger partial charge in [0.25, 0.3) is 0 Å². The van der Waals surface area contributed by atoms with Crippen molar-refractivity contribution >= 4 is 37.5 Å². The average Bonchev–Trinajstić information content (AvgIpc) is 2.10. The molecule has 0 unspecified atom stereocenters. The molecule has 0 spiro atoms. The highest BCUT2D eigenvalue weighted by atomic mass is 32.1. The molecule has 1 rings (SSSR count). The van der Waals surface area contributed by atoms with Crippen LogP contribution in [-0.2, 0) is 0 Å². The second-order valence-corrected chi connectivity index (χ2v) is 2.83. The molecular weight excluding hydrogens is 183 g/mol. The molecule has 0 fully saturated rings. The van der Waals surface area contributed by atoms with Gasteiger partial charge >= 0.3 is 0 Å². The molecule has 3 radical (unpaired) electrons. The van der Waals surface area contributed by atoms with Gasteiger partial charge in [-0.15, -0.1) is 12.6 Å². The number of rotatable bonds is 1. The number of hydrogen-bond acceptors (Lipinski definition) is 1. The quantitative estimate of drug-likeness (QED) is 0.408. The van der Waals surface area contributed by atoms with Crippen molar-refractivity contribution in [1.82, 2.24) is 0 Å². The first-order valence-electron chi connectivity index (χ1n) is 3.59. The molecule has 0 bridgehead atoms. The molecule has 0 heterocycles. The Morgan fingerprint density at radius 1 is 1.17 bits per heavy atom. The van der Waals surface area contributed by atoms with Gasteiger partial charge in [0.15, 0.2) is 0 Å². The van der Waals surface area contributed by atoms with Gasteiger partial charge < -0.3 is 0 Å². The van der Waals surface area contributed by atoms with E-state index in [0.29, 0.717) is 4.20 Å². The minimum absolute atomic E-state index is 0. The molecule has 3 heteroatoms. The maximum absolute atomic E-state index is 4.83. The zero-order valence-electron chi connectivity index (χ0n) is 7.32. The van der Waals surface area contributed by atoms with Crippen LogP contribution in [0, 0.1) is 0 Å². The predicted octanol–water partition coefficient (Wildman–Crippen LogP) is 2.94. The summed E-state index contributed by atoms with van der Waals surface area (Å²) in [6, 6.07) is 9.72. The molecule has 0 aliphatic carbocycles. The highest BCUT2D eigenvalue weighted by Gasteiger charge is 1.89. The summed E-state index contributed by atoms with van der Waals surface area (Å²) in [4.78, 5) is 0. The highest BCUT2D eigenvalue weighted by molar-refractivity contribution is 8.11. The van der Waals surface area contributed by atoms with E-state index in [-0.39, 0.29) is 8.41 Å². The van der Waals surface area contributed by atoms with Gasteiger partial charge in [-0.25, -0.2) is 0 Å². The summed E-state index contributed by atoms with van der Waals surface area (Å²) in [7, 11) is 0. The minimum atomic E-state index is 0. The summed E-state index contributed by atoms with van der Waals surface area (Å²) in [5, 5.41) is 0. The van der Waals surface area contributed by atoms with Gasteiger partial charge in [0.2, 0.25) is 0 Å². The fourth-order valence-electron chi connectivity index (χ4n) is 0.581. The monoisotopic (exact) mass is 195 g/mol. The van der Waals surface area contributed by atoms with Gasteiger partial charge in [-0.1, -0.05) is 56.4 Å². The number of hydrogen-bond donors (Lipinski definition) is 1. The summed E-state index contributed by atoms with van der Waals surface area (Å²) in [5.74, 6) is 0. The van der Waals surface area contributed by atoms with Gasteiger partial charge in [0.1, 0.15) is 0 Å². The van der Waals surface area contributed by atoms with Crippen molar-refractivity contribution in [3.63, 3.8) is 0 Å². The van der Waals surface area contributed by atoms with E-state index in [1.807, 2.05) is 44.2 Å². The van der Waals surface area contributed by atoms with E-state index in [0.717, 1.165) is 5.56 Å². The van der Waals surface area contributed by atoms with Gasteiger partial charge in [0.05, 0.1) is 4.20 Å². The second kappa shape index (κ2) is 8.82. The molecule has 0 amide bonds. The average molecular weight is 195 g/mol. The van der Waals surface area contributed by atoms with Crippen LogP contribution in [0.3, 0.4) is 0 Å². The largest absolute Gasteiger partial charge is 0.131 e. The third-order valence-electron chi connectivity index (χ3n) is 1.02. The molecular formula is C9H12BS2. The Balaban J connectivity index is 0. The Morgan fingerprint density at radius 2 is 1.58 bits per heavy atom. The zero-order chi connectivity index (χ0) is 8.69. The van der Waals surface area contributed by atoms with Crippen LogP contribution in [0.5, 0.6) is 0 Å². The van der Waals surface area contributed by atoms with Crippen molar-refractivity contribution in [2.45, 2.75) is 13.8 Å². The van der Waals surface area contributed by atoms with Crippen molar-refractivity contribution in [1.29, 1.82) is 0 Å². The molecule has 0 atom stereocenters. The van der Waals surface area contributed by atoms with Crippen molar-refractivity contribution in [2.24, 2.45) is 0 Å². The fourth-order valence-corrected chi connectivity index (χ4v) is 0.866. The fraction of sp³-hybridized carbons (Fsp3) is 0.222. The van der Waals surface area contributed by atoms with Gasteiger partial charge in [-0.05, 0) is 5.56 Å². The molecule has 0 N–H and O–H groups in total. The Kier molecular flexibility index (Phi) is 10.5. The SMILES string of the molecule is CC.S=C(S)c1ccccc1.[B]. The van der Waals surface area contributed by atoms with Crippen LogP contribution in [0.1, 0.15) is 19.4 Å². The smallest absolute Gasteiger partial charge is 0.0747 e. The summed E-state index contributed by atoms with van der Waals surface area (Å²) in [6.07, 6.45) is 0. The van der Waals surface area contributed by atoms with Gasteiger partial charge in [-0.3, -0.25) is 0 Å². The molecule has 0 saturated carbocycles. The van der Waals surface area contributed by atoms with Crippen molar-refractivity contribution in [3.05, 3.63) is 35.9 Å². The van der Waals surface area contributed by atoms with Crippen LogP contribution in [0.2, 0.25) is 0 Å². The third kappa shape index (κ3) is 5.39. The van der Waals surface area contributed by atoms with Crippen LogP contribution < -0.4 is 0 Å². The van der Waals surface area contributed by atoms with E-state index in [1.165, 1.54) is 0 Å². The normalized spacial score (nSPS) is 7.25. The molecule has 0 nitrogen and oxygen atoms in total. The summed E-state index contributed by atoms with van der Waals surface area (Å²) < 4.78 is 0.649. The first-order chi connectivity index (χ1) is 5.30. The van der Waals surface area contributed by atoms with E-state index in [1.54, 1.807) is 0 Å². The summed E-state index contributed by atoms with van der Waals surface area (Å²) in [6.45, 7) is 4.00. The van der Waals surface area contributed by atoms with Crippen molar-refractivity contribution in [2.75, 3.05) is 0 Å². The summed E-state index contributed by atoms with van der Waals surface area (Å²) >= 11 is 8.85. The first kappa shape index (κ1) is 14.3. The molecule has 12 heavy (non-hydrogen) atoms. The molecule has 63 valence electrons. The second-order valence-electron chi connectivity index (χ2n) is 1.67. The van der Waals surface area contributed by atoms with Crippen LogP contribution in [0.25, 0.3) is 0 Å². The Bertz CT molecular complexity index is 209. The van der Waals surface area contributed by atoms with Gasteiger partial charge in [0, 0.05) is 8.41 Å². The maximum Gasteiger partial charge on any atom is 0.0747 e. The van der Waals surface area contributed by atoms with Crippen molar-refractivity contribution < 1.29 is 0 Å². The molecule has 1 aromatic carbocycles. The molecule has 1 aromatic rings.